The molecule has 0 amide bonds. The molecule has 0 spiro atoms. The molecule has 84 valence electrons. The summed E-state index contributed by atoms with van der Waals surface area (Å²) in [5, 5.41) is 9.38. The Kier molecular flexibility index (Phi) is 4.32. The van der Waals surface area contributed by atoms with Crippen LogP contribution in [0.25, 0.3) is 0 Å². The second kappa shape index (κ2) is 5.52. The second-order valence-corrected chi connectivity index (χ2v) is 3.50. The lowest BCUT2D eigenvalue weighted by Crippen LogP contribution is -2.07. The lowest BCUT2D eigenvalue weighted by Gasteiger charge is -2.09. The number of nitriles is 1. The van der Waals surface area contributed by atoms with Crippen molar-refractivity contribution in [2.45, 2.75) is 5.33 Å². The van der Waals surface area contributed by atoms with Gasteiger partial charge in [0.05, 0.1) is 31.4 Å². The first-order valence-corrected chi connectivity index (χ1v) is 5.55. The molecule has 0 atom stereocenters. The summed E-state index contributed by atoms with van der Waals surface area (Å²) in [6.07, 6.45) is 0. The van der Waals surface area contributed by atoms with Crippen LogP contribution in [0.2, 0.25) is 0 Å². The van der Waals surface area contributed by atoms with E-state index < -0.39 is 5.97 Å². The van der Waals surface area contributed by atoms with Gasteiger partial charge in [-0.05, 0) is 17.7 Å². The molecule has 0 fully saturated rings. The molecule has 16 heavy (non-hydrogen) atoms. The molecule has 0 saturated heterocycles. The van der Waals surface area contributed by atoms with Gasteiger partial charge in [-0.1, -0.05) is 15.9 Å². The van der Waals surface area contributed by atoms with Crippen molar-refractivity contribution in [1.29, 1.82) is 5.26 Å². The Hall–Kier alpha value is -1.54. The number of carbonyl (C=O) groups excluding carboxylic acids is 1. The van der Waals surface area contributed by atoms with E-state index in [9.17, 15) is 4.79 Å². The van der Waals surface area contributed by atoms with E-state index in [2.05, 4.69) is 20.7 Å². The van der Waals surface area contributed by atoms with Crippen molar-refractivity contribution in [3.63, 3.8) is 0 Å². The maximum absolute atomic E-state index is 11.5. The van der Waals surface area contributed by atoms with Crippen LogP contribution in [0.15, 0.2) is 12.1 Å². The van der Waals surface area contributed by atoms with E-state index in [0.717, 1.165) is 0 Å². The van der Waals surface area contributed by atoms with E-state index in [4.69, 9.17) is 10.00 Å². The summed E-state index contributed by atoms with van der Waals surface area (Å²) in [7, 11) is 2.78. The number of alkyl halides is 1. The van der Waals surface area contributed by atoms with Crippen LogP contribution in [0, 0.1) is 11.3 Å². The average Bonchev–Trinajstić information content (AvgIpc) is 2.35. The highest BCUT2D eigenvalue weighted by atomic mass is 79.9. The number of rotatable bonds is 3. The Morgan fingerprint density at radius 3 is 2.62 bits per heavy atom. The van der Waals surface area contributed by atoms with Crippen molar-refractivity contribution in [1.82, 2.24) is 0 Å². The van der Waals surface area contributed by atoms with Crippen LogP contribution < -0.4 is 4.74 Å². The summed E-state index contributed by atoms with van der Waals surface area (Å²) in [5.41, 5.74) is 1.35. The predicted molar refractivity (Wildman–Crippen MR) is 61.7 cm³/mol. The van der Waals surface area contributed by atoms with Crippen LogP contribution in [-0.4, -0.2) is 20.2 Å². The van der Waals surface area contributed by atoms with E-state index in [0.29, 0.717) is 27.8 Å². The Morgan fingerprint density at radius 1 is 1.50 bits per heavy atom. The van der Waals surface area contributed by atoms with Crippen LogP contribution in [-0.2, 0) is 10.1 Å². The molecule has 4 nitrogen and oxygen atoms in total. The molecule has 0 aliphatic rings. The van der Waals surface area contributed by atoms with Crippen molar-refractivity contribution in [3.8, 4) is 11.8 Å². The van der Waals surface area contributed by atoms with Crippen molar-refractivity contribution in [2.75, 3.05) is 14.2 Å². The molecule has 1 rings (SSSR count). The lowest BCUT2D eigenvalue weighted by molar-refractivity contribution is 0.0599. The first-order valence-electron chi connectivity index (χ1n) is 4.43. The fourth-order valence-electron chi connectivity index (χ4n) is 1.30. The van der Waals surface area contributed by atoms with E-state index in [-0.39, 0.29) is 0 Å². The van der Waals surface area contributed by atoms with Crippen molar-refractivity contribution >= 4 is 21.9 Å². The number of hydrogen-bond acceptors (Lipinski definition) is 4. The number of nitrogens with zero attached hydrogens (tertiary/aromatic N) is 1. The smallest absolute Gasteiger partial charge is 0.338 e. The predicted octanol–water partition coefficient (Wildman–Crippen LogP) is 2.25. The number of ether oxygens (including phenoxy) is 2. The fraction of sp³-hybridized carbons (Fsp3) is 0.273. The standard InChI is InChI=1S/C11H10BrNO3/c1-15-8-3-7(6-13)10(5-12)9(4-8)11(14)16-2/h3-4H,5H2,1-2H3. The number of esters is 1. The number of methoxy groups -OCH3 is 2. The second-order valence-electron chi connectivity index (χ2n) is 2.94. The third-order valence-electron chi connectivity index (χ3n) is 2.12. The van der Waals surface area contributed by atoms with Gasteiger partial charge in [-0.25, -0.2) is 4.79 Å². The summed E-state index contributed by atoms with van der Waals surface area (Å²) in [6.45, 7) is 0. The van der Waals surface area contributed by atoms with Gasteiger partial charge in [0, 0.05) is 5.33 Å². The molecule has 1 aromatic rings. The molecule has 0 aromatic heterocycles. The highest BCUT2D eigenvalue weighted by molar-refractivity contribution is 9.08. The van der Waals surface area contributed by atoms with Gasteiger partial charge in [0.25, 0.3) is 0 Å². The van der Waals surface area contributed by atoms with Crippen molar-refractivity contribution in [2.24, 2.45) is 0 Å². The van der Waals surface area contributed by atoms with Crippen LogP contribution in [0.4, 0.5) is 0 Å². The third-order valence-corrected chi connectivity index (χ3v) is 2.68. The van der Waals surface area contributed by atoms with E-state index >= 15 is 0 Å². The van der Waals surface area contributed by atoms with Crippen molar-refractivity contribution in [3.05, 3.63) is 28.8 Å². The first-order chi connectivity index (χ1) is 7.67. The molecule has 1 aromatic carbocycles. The third kappa shape index (κ3) is 2.34. The Bertz CT molecular complexity index is 451. The Morgan fingerprint density at radius 2 is 2.19 bits per heavy atom. The van der Waals surface area contributed by atoms with E-state index in [1.807, 2.05) is 6.07 Å². The zero-order valence-electron chi connectivity index (χ0n) is 8.91. The molecule has 5 heteroatoms. The van der Waals surface area contributed by atoms with Gasteiger partial charge < -0.3 is 9.47 Å². The van der Waals surface area contributed by atoms with E-state index in [1.165, 1.54) is 14.2 Å². The van der Waals surface area contributed by atoms with Crippen LogP contribution in [0.3, 0.4) is 0 Å². The summed E-state index contributed by atoms with van der Waals surface area (Å²) in [6, 6.07) is 5.17. The maximum Gasteiger partial charge on any atom is 0.338 e. The maximum atomic E-state index is 11.5. The minimum Gasteiger partial charge on any atom is -0.497 e. The largest absolute Gasteiger partial charge is 0.497 e. The highest BCUT2D eigenvalue weighted by Gasteiger charge is 2.16. The molecule has 0 N–H and O–H groups in total. The molecule has 0 saturated carbocycles. The molecular formula is C11H10BrNO3. The zero-order chi connectivity index (χ0) is 12.1. The van der Waals surface area contributed by atoms with Gasteiger partial charge in [-0.3, -0.25) is 0 Å². The van der Waals surface area contributed by atoms with Gasteiger partial charge in [-0.15, -0.1) is 0 Å². The summed E-state index contributed by atoms with van der Waals surface area (Å²) >= 11 is 3.24. The molecule has 0 heterocycles. The van der Waals surface area contributed by atoms with Crippen LogP contribution in [0.5, 0.6) is 5.75 Å². The molecule has 0 aliphatic carbocycles. The Balaban J connectivity index is 3.44. The Labute approximate surface area is 102 Å². The minimum atomic E-state index is -0.482. The van der Waals surface area contributed by atoms with Gasteiger partial charge in [0.15, 0.2) is 0 Å². The summed E-state index contributed by atoms with van der Waals surface area (Å²) in [5.74, 6) is -0.0218. The van der Waals surface area contributed by atoms with Gasteiger partial charge in [0.1, 0.15) is 5.75 Å². The molecule has 0 radical (unpaired) electrons. The lowest BCUT2D eigenvalue weighted by atomic mass is 10.0. The summed E-state index contributed by atoms with van der Waals surface area (Å²) in [4.78, 5) is 11.5. The molecule has 0 aliphatic heterocycles. The minimum absolute atomic E-state index is 0.343. The number of carbonyl (C=O) groups is 1. The number of hydrogen-bond donors (Lipinski definition) is 0. The van der Waals surface area contributed by atoms with Gasteiger partial charge in [0.2, 0.25) is 0 Å². The topological polar surface area (TPSA) is 59.3 Å². The highest BCUT2D eigenvalue weighted by Crippen LogP contribution is 2.24. The normalized spacial score (nSPS) is 9.38. The quantitative estimate of drug-likeness (QED) is 0.631. The van der Waals surface area contributed by atoms with Gasteiger partial charge in [-0.2, -0.15) is 5.26 Å². The summed E-state index contributed by atoms with van der Waals surface area (Å²) < 4.78 is 9.67. The number of benzene rings is 1. The first kappa shape index (κ1) is 12.5. The number of halogens is 1. The van der Waals surface area contributed by atoms with Crippen molar-refractivity contribution < 1.29 is 14.3 Å². The fourth-order valence-corrected chi connectivity index (χ4v) is 1.90. The molecule has 0 bridgehead atoms. The SMILES string of the molecule is COC(=O)c1cc(OC)cc(C#N)c1CBr. The van der Waals surface area contributed by atoms with Crippen LogP contribution in [0.1, 0.15) is 21.5 Å². The molecule has 0 unspecified atom stereocenters. The molecular weight excluding hydrogens is 274 g/mol. The monoisotopic (exact) mass is 283 g/mol. The van der Waals surface area contributed by atoms with E-state index in [1.54, 1.807) is 12.1 Å². The van der Waals surface area contributed by atoms with Gasteiger partial charge >= 0.3 is 5.97 Å². The average molecular weight is 284 g/mol. The van der Waals surface area contributed by atoms with Crippen LogP contribution >= 0.6 is 15.9 Å². The zero-order valence-corrected chi connectivity index (χ0v) is 10.5.